The molecule has 0 spiro atoms. The molecule has 0 N–H and O–H groups in total. The van der Waals surface area contributed by atoms with E-state index in [0.29, 0.717) is 13.0 Å². The first kappa shape index (κ1) is 14.2. The molecule has 6 nitrogen and oxygen atoms in total. The Kier molecular flexibility index (Phi) is 5.05. The van der Waals surface area contributed by atoms with Crippen LogP contribution < -0.4 is 0 Å². The van der Waals surface area contributed by atoms with Gasteiger partial charge in [0.05, 0.1) is 0 Å². The minimum Gasteiger partial charge on any atom is -0.341 e. The van der Waals surface area contributed by atoms with Crippen LogP contribution in [0.1, 0.15) is 26.2 Å². The third-order valence-corrected chi connectivity index (χ3v) is 4.26. The van der Waals surface area contributed by atoms with Gasteiger partial charge in [-0.25, -0.2) is 0 Å². The molecule has 106 valence electrons. The van der Waals surface area contributed by atoms with E-state index >= 15 is 0 Å². The van der Waals surface area contributed by atoms with Gasteiger partial charge in [-0.2, -0.15) is 0 Å². The summed E-state index contributed by atoms with van der Waals surface area (Å²) >= 11 is 0. The molecule has 2 fully saturated rings. The third kappa shape index (κ3) is 4.11. The second-order valence-electron chi connectivity index (χ2n) is 5.85. The molecule has 2 rings (SSSR count). The first-order valence-electron chi connectivity index (χ1n) is 7.20. The van der Waals surface area contributed by atoms with Gasteiger partial charge in [0.1, 0.15) is 0 Å². The van der Waals surface area contributed by atoms with E-state index in [-0.39, 0.29) is 11.8 Å². The Morgan fingerprint density at radius 3 is 2.79 bits per heavy atom. The van der Waals surface area contributed by atoms with E-state index in [2.05, 4.69) is 21.8 Å². The molecule has 1 amide bonds. The second kappa shape index (κ2) is 6.78. The van der Waals surface area contributed by atoms with E-state index in [9.17, 15) is 4.79 Å². The van der Waals surface area contributed by atoms with Gasteiger partial charge in [-0.15, -0.1) is 0 Å². The van der Waals surface area contributed by atoms with Gasteiger partial charge in [-0.05, 0) is 43.3 Å². The normalized spacial score (nSPS) is 25.6. The molecule has 2 saturated heterocycles. The highest BCUT2D eigenvalue weighted by Gasteiger charge is 2.29. The van der Waals surface area contributed by atoms with Crippen molar-refractivity contribution in [3.05, 3.63) is 10.4 Å². The van der Waals surface area contributed by atoms with E-state index < -0.39 is 0 Å². The van der Waals surface area contributed by atoms with Crippen molar-refractivity contribution in [3.8, 4) is 0 Å². The Hall–Kier alpha value is -1.26. The fourth-order valence-electron chi connectivity index (χ4n) is 2.89. The number of hydrogen-bond acceptors (Lipinski definition) is 3. The van der Waals surface area contributed by atoms with Crippen molar-refractivity contribution in [1.29, 1.82) is 0 Å². The van der Waals surface area contributed by atoms with Crippen LogP contribution in [0.15, 0.2) is 5.11 Å². The number of rotatable bonds is 5. The Morgan fingerprint density at radius 1 is 1.37 bits per heavy atom. The number of piperidine rings is 1. The minimum absolute atomic E-state index is 0.212. The van der Waals surface area contributed by atoms with Crippen LogP contribution in [0, 0.1) is 11.8 Å². The highest BCUT2D eigenvalue weighted by Crippen LogP contribution is 2.19. The van der Waals surface area contributed by atoms with E-state index in [4.69, 9.17) is 5.53 Å². The van der Waals surface area contributed by atoms with Crippen molar-refractivity contribution in [2.75, 3.05) is 39.3 Å². The van der Waals surface area contributed by atoms with Crippen molar-refractivity contribution in [3.63, 3.8) is 0 Å². The standard InChI is InChI=1S/C13H23N5O/c1-11-2-4-17(5-3-11)6-7-18-10-12(8-13(18)19)9-15-16-14/h11-12H,2-10H2,1H3. The van der Waals surface area contributed by atoms with Gasteiger partial charge in [0, 0.05) is 37.5 Å². The zero-order chi connectivity index (χ0) is 13.7. The average molecular weight is 265 g/mol. The quantitative estimate of drug-likeness (QED) is 0.432. The molecular formula is C13H23N5O. The van der Waals surface area contributed by atoms with Crippen LogP contribution in [0.2, 0.25) is 0 Å². The van der Waals surface area contributed by atoms with Crippen LogP contribution >= 0.6 is 0 Å². The Labute approximate surface area is 114 Å². The summed E-state index contributed by atoms with van der Waals surface area (Å²) in [5.74, 6) is 1.27. The SMILES string of the molecule is CC1CCN(CCN2CC(CN=[N+]=[N-])CC2=O)CC1. The Balaban J connectivity index is 1.71. The maximum absolute atomic E-state index is 11.8. The molecule has 2 aliphatic heterocycles. The van der Waals surface area contributed by atoms with Crippen molar-refractivity contribution >= 4 is 5.91 Å². The summed E-state index contributed by atoms with van der Waals surface area (Å²) < 4.78 is 0. The van der Waals surface area contributed by atoms with Gasteiger partial charge in [-0.3, -0.25) is 4.79 Å². The van der Waals surface area contributed by atoms with Gasteiger partial charge >= 0.3 is 0 Å². The first-order chi connectivity index (χ1) is 9.19. The number of carbonyl (C=O) groups is 1. The van der Waals surface area contributed by atoms with Gasteiger partial charge in [0.15, 0.2) is 0 Å². The molecule has 0 aliphatic carbocycles. The maximum Gasteiger partial charge on any atom is 0.222 e. The monoisotopic (exact) mass is 265 g/mol. The van der Waals surface area contributed by atoms with Crippen LogP contribution in [-0.2, 0) is 4.79 Å². The molecule has 0 aromatic carbocycles. The molecule has 0 saturated carbocycles. The number of likely N-dealkylation sites (tertiary alicyclic amines) is 2. The molecule has 6 heteroatoms. The summed E-state index contributed by atoms with van der Waals surface area (Å²) in [5.41, 5.74) is 8.31. The van der Waals surface area contributed by atoms with E-state index in [1.165, 1.54) is 12.8 Å². The Bertz CT molecular complexity index is 358. The zero-order valence-corrected chi connectivity index (χ0v) is 11.7. The molecule has 0 aromatic heterocycles. The molecule has 0 bridgehead atoms. The fourth-order valence-corrected chi connectivity index (χ4v) is 2.89. The van der Waals surface area contributed by atoms with Gasteiger partial charge in [-0.1, -0.05) is 12.0 Å². The fraction of sp³-hybridized carbons (Fsp3) is 0.923. The van der Waals surface area contributed by atoms with Crippen LogP contribution in [0.25, 0.3) is 10.4 Å². The first-order valence-corrected chi connectivity index (χ1v) is 7.20. The minimum atomic E-state index is 0.212. The molecule has 0 radical (unpaired) electrons. The molecule has 1 atom stereocenters. The van der Waals surface area contributed by atoms with E-state index in [0.717, 1.165) is 38.6 Å². The smallest absolute Gasteiger partial charge is 0.222 e. The summed E-state index contributed by atoms with van der Waals surface area (Å²) in [7, 11) is 0. The molecule has 0 aromatic rings. The van der Waals surface area contributed by atoms with Crippen molar-refractivity contribution in [2.45, 2.75) is 26.2 Å². The molecular weight excluding hydrogens is 242 g/mol. The van der Waals surface area contributed by atoms with Crippen molar-refractivity contribution in [2.24, 2.45) is 17.0 Å². The van der Waals surface area contributed by atoms with Crippen LogP contribution in [0.5, 0.6) is 0 Å². The lowest BCUT2D eigenvalue weighted by Gasteiger charge is -2.31. The number of hydrogen-bond donors (Lipinski definition) is 0. The maximum atomic E-state index is 11.8. The largest absolute Gasteiger partial charge is 0.341 e. The van der Waals surface area contributed by atoms with Gasteiger partial charge in [0.25, 0.3) is 0 Å². The molecule has 2 heterocycles. The van der Waals surface area contributed by atoms with Crippen molar-refractivity contribution in [1.82, 2.24) is 9.80 Å². The highest BCUT2D eigenvalue weighted by atomic mass is 16.2. The molecule has 19 heavy (non-hydrogen) atoms. The summed E-state index contributed by atoms with van der Waals surface area (Å²) in [6, 6.07) is 0. The summed E-state index contributed by atoms with van der Waals surface area (Å²) in [5, 5.41) is 3.57. The van der Waals surface area contributed by atoms with E-state index in [1.54, 1.807) is 0 Å². The van der Waals surface area contributed by atoms with Crippen LogP contribution in [-0.4, -0.2) is 55.0 Å². The van der Waals surface area contributed by atoms with Gasteiger partial charge in [0.2, 0.25) is 5.91 Å². The predicted molar refractivity (Wildman–Crippen MR) is 73.5 cm³/mol. The lowest BCUT2D eigenvalue weighted by molar-refractivity contribution is -0.127. The highest BCUT2D eigenvalue weighted by molar-refractivity contribution is 5.78. The number of carbonyl (C=O) groups excluding carboxylic acids is 1. The van der Waals surface area contributed by atoms with Crippen LogP contribution in [0.4, 0.5) is 0 Å². The van der Waals surface area contributed by atoms with Crippen LogP contribution in [0.3, 0.4) is 0 Å². The van der Waals surface area contributed by atoms with Crippen molar-refractivity contribution < 1.29 is 4.79 Å². The number of azide groups is 1. The molecule has 1 unspecified atom stereocenters. The van der Waals surface area contributed by atoms with Gasteiger partial charge < -0.3 is 9.80 Å². The number of amides is 1. The lowest BCUT2D eigenvalue weighted by atomic mass is 9.99. The zero-order valence-electron chi connectivity index (χ0n) is 11.7. The average Bonchev–Trinajstić information content (AvgIpc) is 2.76. The second-order valence-corrected chi connectivity index (χ2v) is 5.85. The number of nitrogens with zero attached hydrogens (tertiary/aromatic N) is 5. The predicted octanol–water partition coefficient (Wildman–Crippen LogP) is 1.88. The Morgan fingerprint density at radius 2 is 2.11 bits per heavy atom. The topological polar surface area (TPSA) is 72.3 Å². The summed E-state index contributed by atoms with van der Waals surface area (Å²) in [4.78, 5) is 19.0. The lowest BCUT2D eigenvalue weighted by Crippen LogP contribution is -2.39. The summed E-state index contributed by atoms with van der Waals surface area (Å²) in [6.45, 7) is 7.62. The third-order valence-electron chi connectivity index (χ3n) is 4.26. The van der Waals surface area contributed by atoms with E-state index in [1.807, 2.05) is 4.90 Å². The molecule has 2 aliphatic rings. The summed E-state index contributed by atoms with van der Waals surface area (Å²) in [6.07, 6.45) is 3.08.